The molecule has 0 bridgehead atoms. The molecule has 19 heavy (non-hydrogen) atoms. The minimum atomic E-state index is -3.72. The number of nitrogens with zero attached hydrogens (tertiary/aromatic N) is 2. The maximum absolute atomic E-state index is 12.1. The van der Waals surface area contributed by atoms with Crippen LogP contribution in [0.1, 0.15) is 5.69 Å². The first-order valence-corrected chi connectivity index (χ1v) is 7.56. The van der Waals surface area contributed by atoms with E-state index in [-0.39, 0.29) is 21.5 Å². The fraction of sp³-hybridized carbons (Fsp3) is 0.182. The van der Waals surface area contributed by atoms with Gasteiger partial charge in [-0.2, -0.15) is 5.10 Å². The summed E-state index contributed by atoms with van der Waals surface area (Å²) >= 11 is 11.7. The summed E-state index contributed by atoms with van der Waals surface area (Å²) in [5.74, 6) is 0. The third-order valence-electron chi connectivity index (χ3n) is 2.42. The first kappa shape index (κ1) is 14.3. The van der Waals surface area contributed by atoms with E-state index in [0.29, 0.717) is 5.69 Å². The molecule has 0 spiro atoms. The largest absolute Gasteiger partial charge is 0.276 e. The molecule has 0 fully saturated rings. The van der Waals surface area contributed by atoms with Crippen molar-refractivity contribution in [3.63, 3.8) is 0 Å². The molecule has 0 aliphatic carbocycles. The Hall–Kier alpha value is -1.08. The molecule has 102 valence electrons. The third-order valence-corrected chi connectivity index (χ3v) is 4.79. The minimum absolute atomic E-state index is 0.0117. The van der Waals surface area contributed by atoms with Crippen LogP contribution >= 0.6 is 23.2 Å². The Morgan fingerprint density at radius 3 is 2.68 bits per heavy atom. The number of benzene rings is 1. The van der Waals surface area contributed by atoms with Gasteiger partial charge in [0.05, 0.1) is 22.3 Å². The monoisotopic (exact) mass is 319 g/mol. The van der Waals surface area contributed by atoms with Crippen molar-refractivity contribution >= 4 is 33.2 Å². The van der Waals surface area contributed by atoms with Crippen molar-refractivity contribution in [3.05, 3.63) is 46.2 Å². The number of nitrogens with one attached hydrogen (secondary N) is 1. The Morgan fingerprint density at radius 1 is 1.32 bits per heavy atom. The van der Waals surface area contributed by atoms with Crippen LogP contribution in [-0.4, -0.2) is 18.2 Å². The number of rotatable bonds is 4. The van der Waals surface area contributed by atoms with E-state index >= 15 is 0 Å². The van der Waals surface area contributed by atoms with Crippen LogP contribution in [0.3, 0.4) is 0 Å². The lowest BCUT2D eigenvalue weighted by Crippen LogP contribution is -2.23. The lowest BCUT2D eigenvalue weighted by atomic mass is 10.4. The quantitative estimate of drug-likeness (QED) is 0.939. The molecule has 0 unspecified atom stereocenters. The number of aromatic nitrogens is 2. The second-order valence-corrected chi connectivity index (χ2v) is 6.38. The molecule has 0 radical (unpaired) electrons. The normalized spacial score (nSPS) is 11.7. The van der Waals surface area contributed by atoms with E-state index in [0.717, 1.165) is 0 Å². The van der Waals surface area contributed by atoms with E-state index in [9.17, 15) is 8.42 Å². The molecular weight excluding hydrogens is 309 g/mol. The maximum Gasteiger partial charge on any atom is 0.242 e. The highest BCUT2D eigenvalue weighted by Crippen LogP contribution is 2.28. The van der Waals surface area contributed by atoms with Gasteiger partial charge in [0.2, 0.25) is 10.0 Å². The van der Waals surface area contributed by atoms with Crippen LogP contribution in [0.15, 0.2) is 35.4 Å². The van der Waals surface area contributed by atoms with Gasteiger partial charge >= 0.3 is 0 Å². The maximum atomic E-state index is 12.1. The number of aryl methyl sites for hydroxylation is 1. The van der Waals surface area contributed by atoms with Crippen LogP contribution in [0.5, 0.6) is 0 Å². The molecule has 0 aliphatic rings. The number of hydrogen-bond acceptors (Lipinski definition) is 3. The molecule has 1 N–H and O–H groups in total. The second kappa shape index (κ2) is 5.50. The SMILES string of the molecule is Cn1ccc(CNS(=O)(=O)c2cccc(Cl)c2Cl)n1. The predicted molar refractivity (Wildman–Crippen MR) is 73.7 cm³/mol. The fourth-order valence-electron chi connectivity index (χ4n) is 1.50. The Balaban J connectivity index is 2.21. The minimum Gasteiger partial charge on any atom is -0.276 e. The van der Waals surface area contributed by atoms with Gasteiger partial charge in [0, 0.05) is 13.2 Å². The summed E-state index contributed by atoms with van der Waals surface area (Å²) in [7, 11) is -1.96. The highest BCUT2D eigenvalue weighted by molar-refractivity contribution is 7.89. The van der Waals surface area contributed by atoms with Crippen molar-refractivity contribution in [3.8, 4) is 0 Å². The van der Waals surface area contributed by atoms with Crippen molar-refractivity contribution in [2.45, 2.75) is 11.4 Å². The van der Waals surface area contributed by atoms with E-state index in [1.165, 1.54) is 18.2 Å². The summed E-state index contributed by atoms with van der Waals surface area (Å²) in [5.41, 5.74) is 0.615. The fourth-order valence-corrected chi connectivity index (χ4v) is 3.25. The average Bonchev–Trinajstić information content (AvgIpc) is 2.76. The van der Waals surface area contributed by atoms with Crippen LogP contribution in [0, 0.1) is 0 Å². The molecule has 2 rings (SSSR count). The van der Waals surface area contributed by atoms with Crippen LogP contribution in [0.25, 0.3) is 0 Å². The van der Waals surface area contributed by atoms with Gasteiger partial charge in [-0.25, -0.2) is 13.1 Å². The van der Waals surface area contributed by atoms with Crippen molar-refractivity contribution in [1.82, 2.24) is 14.5 Å². The predicted octanol–water partition coefficient (Wildman–Crippen LogP) is 2.21. The van der Waals surface area contributed by atoms with Gasteiger partial charge in [-0.15, -0.1) is 0 Å². The summed E-state index contributed by atoms with van der Waals surface area (Å²) in [5, 5.41) is 4.29. The third kappa shape index (κ3) is 3.27. The average molecular weight is 320 g/mol. The summed E-state index contributed by atoms with van der Waals surface area (Å²) in [6.07, 6.45) is 1.73. The van der Waals surface area contributed by atoms with Gasteiger partial charge in [0.25, 0.3) is 0 Å². The molecule has 0 atom stereocenters. The topological polar surface area (TPSA) is 64.0 Å². The highest BCUT2D eigenvalue weighted by Gasteiger charge is 2.19. The smallest absolute Gasteiger partial charge is 0.242 e. The van der Waals surface area contributed by atoms with E-state index in [1.54, 1.807) is 24.0 Å². The van der Waals surface area contributed by atoms with E-state index in [2.05, 4.69) is 9.82 Å². The van der Waals surface area contributed by atoms with Gasteiger partial charge in [0.15, 0.2) is 0 Å². The van der Waals surface area contributed by atoms with Crippen molar-refractivity contribution < 1.29 is 8.42 Å². The summed E-state index contributed by atoms with van der Waals surface area (Å²) in [4.78, 5) is -0.0439. The lowest BCUT2D eigenvalue weighted by molar-refractivity contribution is 0.579. The molecule has 1 heterocycles. The Labute approximate surface area is 121 Å². The Morgan fingerprint density at radius 2 is 2.05 bits per heavy atom. The van der Waals surface area contributed by atoms with Gasteiger partial charge in [-0.3, -0.25) is 4.68 Å². The summed E-state index contributed by atoms with van der Waals surface area (Å²) < 4.78 is 28.2. The molecule has 1 aromatic carbocycles. The van der Waals surface area contributed by atoms with Crippen molar-refractivity contribution in [2.24, 2.45) is 7.05 Å². The molecule has 5 nitrogen and oxygen atoms in total. The molecular formula is C11H11Cl2N3O2S. The van der Waals surface area contributed by atoms with E-state index in [4.69, 9.17) is 23.2 Å². The van der Waals surface area contributed by atoms with Crippen molar-refractivity contribution in [1.29, 1.82) is 0 Å². The summed E-state index contributed by atoms with van der Waals surface area (Å²) in [6, 6.07) is 6.18. The van der Waals surface area contributed by atoms with Crippen molar-refractivity contribution in [2.75, 3.05) is 0 Å². The molecule has 0 saturated heterocycles. The number of sulfonamides is 1. The van der Waals surface area contributed by atoms with Gasteiger partial charge in [-0.1, -0.05) is 29.3 Å². The summed E-state index contributed by atoms with van der Waals surface area (Å²) in [6.45, 7) is 0.0893. The van der Waals surface area contributed by atoms with Gasteiger partial charge < -0.3 is 0 Å². The van der Waals surface area contributed by atoms with Crippen LogP contribution in [-0.2, 0) is 23.6 Å². The molecule has 1 aromatic heterocycles. The zero-order valence-electron chi connectivity index (χ0n) is 9.97. The Kier molecular flexibility index (Phi) is 4.15. The first-order chi connectivity index (χ1) is 8.90. The Bertz CT molecular complexity index is 698. The van der Waals surface area contributed by atoms with Crippen LogP contribution in [0.4, 0.5) is 0 Å². The molecule has 0 amide bonds. The zero-order chi connectivity index (χ0) is 14.0. The van der Waals surface area contributed by atoms with Crippen LogP contribution in [0.2, 0.25) is 10.0 Å². The van der Waals surface area contributed by atoms with Gasteiger partial charge in [-0.05, 0) is 18.2 Å². The van der Waals surface area contributed by atoms with Gasteiger partial charge in [0.1, 0.15) is 4.90 Å². The number of halogens is 2. The molecule has 0 aliphatic heterocycles. The highest BCUT2D eigenvalue weighted by atomic mass is 35.5. The van der Waals surface area contributed by atoms with E-state index in [1.807, 2.05) is 0 Å². The molecule has 0 saturated carbocycles. The standard InChI is InChI=1S/C11H11Cl2N3O2S/c1-16-6-5-8(15-16)7-14-19(17,18)10-4-2-3-9(12)11(10)13/h2-6,14H,7H2,1H3. The first-order valence-electron chi connectivity index (χ1n) is 5.32. The second-order valence-electron chi connectivity index (χ2n) is 3.86. The lowest BCUT2D eigenvalue weighted by Gasteiger charge is -2.08. The van der Waals surface area contributed by atoms with E-state index < -0.39 is 10.0 Å². The number of hydrogen-bond donors (Lipinski definition) is 1. The molecule has 8 heteroatoms. The molecule has 2 aromatic rings. The zero-order valence-corrected chi connectivity index (χ0v) is 12.3. The van der Waals surface area contributed by atoms with Crippen LogP contribution < -0.4 is 4.72 Å².